The second-order valence-electron chi connectivity index (χ2n) is 3.32. The summed E-state index contributed by atoms with van der Waals surface area (Å²) >= 11 is 0. The summed E-state index contributed by atoms with van der Waals surface area (Å²) in [5.41, 5.74) is 10.0. The monoisotopic (exact) mass is 270 g/mol. The van der Waals surface area contributed by atoms with Crippen molar-refractivity contribution in [1.82, 2.24) is 0 Å². The highest BCUT2D eigenvalue weighted by Gasteiger charge is 2.21. The van der Waals surface area contributed by atoms with Crippen LogP contribution < -0.4 is 26.3 Å². The molecule has 1 aromatic rings. The first-order chi connectivity index (χ1) is 8.90. The minimum atomic E-state index is -0.915. The van der Waals surface area contributed by atoms with Crippen LogP contribution in [0.2, 0.25) is 0 Å². The average Bonchev–Trinajstić information content (AvgIpc) is 2.28. The van der Waals surface area contributed by atoms with Gasteiger partial charge in [0.15, 0.2) is 29.0 Å². The molecule has 9 heteroatoms. The Hall–Kier alpha value is -2.84. The fourth-order valence-corrected chi connectivity index (χ4v) is 1.40. The number of hydrogen-bond acceptors (Lipinski definition) is 5. The number of nitrogens with zero attached hydrogens (tertiary/aromatic N) is 1. The zero-order chi connectivity index (χ0) is 14.6. The predicted molar refractivity (Wildman–Crippen MR) is 67.7 cm³/mol. The van der Waals surface area contributed by atoms with Crippen molar-refractivity contribution in [1.29, 1.82) is 0 Å². The van der Waals surface area contributed by atoms with Gasteiger partial charge in [-0.25, -0.2) is 4.79 Å². The van der Waals surface area contributed by atoms with Gasteiger partial charge in [0.05, 0.1) is 14.2 Å². The zero-order valence-electron chi connectivity index (χ0n) is 10.3. The number of ether oxygens (including phenoxy) is 2. The number of carbonyl (C=O) groups is 1. The minimum absolute atomic E-state index is 0.0995. The number of methoxy groups -OCH3 is 2. The molecule has 0 fully saturated rings. The molecular weight excluding hydrogens is 256 g/mol. The van der Waals surface area contributed by atoms with Crippen molar-refractivity contribution in [2.24, 2.45) is 16.5 Å². The summed E-state index contributed by atoms with van der Waals surface area (Å²) in [6, 6.07) is 0.0926. The number of anilines is 1. The van der Waals surface area contributed by atoms with Gasteiger partial charge in [-0.2, -0.15) is 4.99 Å². The van der Waals surface area contributed by atoms with Gasteiger partial charge in [0, 0.05) is 6.07 Å². The number of carbonyl (C=O) groups excluding carboxylic acids is 1. The average molecular weight is 270 g/mol. The van der Waals surface area contributed by atoms with Crippen molar-refractivity contribution >= 4 is 17.7 Å². The molecular formula is C10H14N4O5. The van der Waals surface area contributed by atoms with Crippen molar-refractivity contribution in [2.45, 2.75) is 0 Å². The Balaban J connectivity index is 3.30. The summed E-state index contributed by atoms with van der Waals surface area (Å²) in [5, 5.41) is 21.5. The van der Waals surface area contributed by atoms with Crippen LogP contribution >= 0.6 is 0 Å². The number of benzene rings is 1. The van der Waals surface area contributed by atoms with Gasteiger partial charge in [0.1, 0.15) is 5.69 Å². The first-order valence-electron chi connectivity index (χ1n) is 4.98. The first-order valence-corrected chi connectivity index (χ1v) is 4.98. The van der Waals surface area contributed by atoms with Crippen molar-refractivity contribution in [2.75, 3.05) is 19.5 Å². The number of phenolic OH excluding ortho intramolecular Hbond substituents is 2. The largest absolute Gasteiger partial charge is 0.504 e. The van der Waals surface area contributed by atoms with Crippen molar-refractivity contribution in [3.63, 3.8) is 0 Å². The Kier molecular flexibility index (Phi) is 4.24. The van der Waals surface area contributed by atoms with Crippen LogP contribution in [0.1, 0.15) is 0 Å². The molecule has 0 aliphatic carbocycles. The zero-order valence-corrected chi connectivity index (χ0v) is 10.3. The first kappa shape index (κ1) is 14.2. The van der Waals surface area contributed by atoms with E-state index in [-0.39, 0.29) is 28.7 Å². The highest BCUT2D eigenvalue weighted by molar-refractivity contribution is 6.00. The number of hydrogen-bond donors (Lipinski definition) is 5. The van der Waals surface area contributed by atoms with Gasteiger partial charge < -0.3 is 31.2 Å². The molecule has 0 heterocycles. The summed E-state index contributed by atoms with van der Waals surface area (Å²) in [6.45, 7) is 0. The number of aromatic hydroxyl groups is 2. The van der Waals surface area contributed by atoms with E-state index in [4.69, 9.17) is 20.9 Å². The van der Waals surface area contributed by atoms with Crippen LogP contribution in [0.3, 0.4) is 0 Å². The molecule has 0 spiro atoms. The second kappa shape index (κ2) is 5.67. The molecule has 0 saturated carbocycles. The summed E-state index contributed by atoms with van der Waals surface area (Å²) in [6.07, 6.45) is 0. The fraction of sp³-hybridized carbons (Fsp3) is 0.200. The van der Waals surface area contributed by atoms with E-state index in [0.29, 0.717) is 0 Å². The van der Waals surface area contributed by atoms with Gasteiger partial charge in [-0.05, 0) is 0 Å². The number of amides is 2. The predicted octanol–water partition coefficient (Wildman–Crippen LogP) is -0.0797. The van der Waals surface area contributed by atoms with E-state index in [2.05, 4.69) is 10.3 Å². The maximum atomic E-state index is 11.4. The lowest BCUT2D eigenvalue weighted by Gasteiger charge is -2.15. The molecule has 2 amide bonds. The fourth-order valence-electron chi connectivity index (χ4n) is 1.40. The van der Waals surface area contributed by atoms with Crippen LogP contribution in [0.15, 0.2) is 11.1 Å². The van der Waals surface area contributed by atoms with Crippen LogP contribution in [-0.4, -0.2) is 36.4 Å². The molecule has 1 rings (SSSR count). The van der Waals surface area contributed by atoms with Crippen LogP contribution in [0, 0.1) is 0 Å². The molecule has 9 nitrogen and oxygen atoms in total. The SMILES string of the molecule is COc1c(O)cc(O)c(OC)c1NC(=O)N=C(N)N. The lowest BCUT2D eigenvalue weighted by Crippen LogP contribution is -2.25. The van der Waals surface area contributed by atoms with Crippen LogP contribution in [0.4, 0.5) is 10.5 Å². The summed E-state index contributed by atoms with van der Waals surface area (Å²) in [5.74, 6) is -1.43. The minimum Gasteiger partial charge on any atom is -0.504 e. The molecule has 7 N–H and O–H groups in total. The number of nitrogens with two attached hydrogens (primary N) is 2. The van der Waals surface area contributed by atoms with E-state index >= 15 is 0 Å². The van der Waals surface area contributed by atoms with E-state index < -0.39 is 12.0 Å². The Morgan fingerprint density at radius 1 is 1.21 bits per heavy atom. The quantitative estimate of drug-likeness (QED) is 0.380. The molecule has 0 aromatic heterocycles. The third kappa shape index (κ3) is 3.09. The number of urea groups is 1. The van der Waals surface area contributed by atoms with Gasteiger partial charge in [0.2, 0.25) is 0 Å². The smallest absolute Gasteiger partial charge is 0.348 e. The van der Waals surface area contributed by atoms with Gasteiger partial charge in [-0.3, -0.25) is 5.32 Å². The van der Waals surface area contributed by atoms with Crippen molar-refractivity contribution in [3.05, 3.63) is 6.07 Å². The summed E-state index contributed by atoms with van der Waals surface area (Å²) < 4.78 is 9.83. The van der Waals surface area contributed by atoms with Crippen LogP contribution in [-0.2, 0) is 0 Å². The second-order valence-corrected chi connectivity index (χ2v) is 3.32. The van der Waals surface area contributed by atoms with Crippen LogP contribution in [0.5, 0.6) is 23.0 Å². The molecule has 0 unspecified atom stereocenters. The molecule has 104 valence electrons. The summed E-state index contributed by atoms with van der Waals surface area (Å²) in [7, 11) is 2.53. The van der Waals surface area contributed by atoms with Crippen molar-refractivity contribution < 1.29 is 24.5 Å². The summed E-state index contributed by atoms with van der Waals surface area (Å²) in [4.78, 5) is 14.7. The molecule has 0 aliphatic rings. The molecule has 0 saturated heterocycles. The molecule has 19 heavy (non-hydrogen) atoms. The standard InChI is InChI=1S/C10H14N4O5/c1-18-7-4(15)3-5(16)8(19-2)6(7)13-10(17)14-9(11)12/h3,15-16H,1-2H3,(H5,11,12,13,14,17). The molecule has 1 aromatic carbocycles. The van der Waals surface area contributed by atoms with E-state index in [9.17, 15) is 15.0 Å². The lowest BCUT2D eigenvalue weighted by atomic mass is 10.2. The van der Waals surface area contributed by atoms with Gasteiger partial charge >= 0.3 is 6.03 Å². The van der Waals surface area contributed by atoms with Gasteiger partial charge in [-0.15, -0.1) is 0 Å². The number of phenols is 2. The van der Waals surface area contributed by atoms with E-state index in [1.54, 1.807) is 0 Å². The number of guanidine groups is 1. The lowest BCUT2D eigenvalue weighted by molar-refractivity contribution is 0.259. The van der Waals surface area contributed by atoms with Gasteiger partial charge in [0.25, 0.3) is 0 Å². The molecule has 0 atom stereocenters. The van der Waals surface area contributed by atoms with E-state index in [1.165, 1.54) is 14.2 Å². The Morgan fingerprint density at radius 3 is 2.05 bits per heavy atom. The van der Waals surface area contributed by atoms with E-state index in [0.717, 1.165) is 6.07 Å². The molecule has 0 bridgehead atoms. The number of rotatable bonds is 3. The normalized spacial score (nSPS) is 9.58. The molecule has 0 aliphatic heterocycles. The number of aliphatic imine (C=N–C) groups is 1. The van der Waals surface area contributed by atoms with Crippen LogP contribution in [0.25, 0.3) is 0 Å². The maximum absolute atomic E-state index is 11.4. The number of nitrogens with one attached hydrogen (secondary N) is 1. The molecule has 0 radical (unpaired) electrons. The highest BCUT2D eigenvalue weighted by Crippen LogP contribution is 2.47. The Labute approximate surface area is 108 Å². The van der Waals surface area contributed by atoms with Crippen molar-refractivity contribution in [3.8, 4) is 23.0 Å². The highest BCUT2D eigenvalue weighted by atomic mass is 16.5. The Morgan fingerprint density at radius 2 is 1.68 bits per heavy atom. The topological polar surface area (TPSA) is 152 Å². The van der Waals surface area contributed by atoms with E-state index in [1.807, 2.05) is 0 Å². The van der Waals surface area contributed by atoms with Gasteiger partial charge in [-0.1, -0.05) is 0 Å². The third-order valence-corrected chi connectivity index (χ3v) is 2.06. The Bertz CT molecular complexity index is 497. The third-order valence-electron chi connectivity index (χ3n) is 2.06. The maximum Gasteiger partial charge on any atom is 0.348 e.